The van der Waals surface area contributed by atoms with Gasteiger partial charge in [-0.2, -0.15) is 5.43 Å². The lowest BCUT2D eigenvalue weighted by atomic mass is 10.2. The zero-order valence-corrected chi connectivity index (χ0v) is 10.4. The molecule has 5 amide bonds. The Hall–Kier alpha value is -1.43. The minimum atomic E-state index is -0.587. The molecule has 6 nitrogen and oxygen atoms in total. The van der Waals surface area contributed by atoms with Crippen LogP contribution in [0.2, 0.25) is 0 Å². The summed E-state index contributed by atoms with van der Waals surface area (Å²) in [4.78, 5) is 35.1. The summed E-state index contributed by atoms with van der Waals surface area (Å²) >= 11 is 0. The highest BCUT2D eigenvalue weighted by molar-refractivity contribution is 5.99. The van der Waals surface area contributed by atoms with E-state index in [1.807, 2.05) is 13.8 Å². The summed E-state index contributed by atoms with van der Waals surface area (Å²) in [6.07, 6.45) is 3.51. The fraction of sp³-hybridized carbons (Fsp3) is 0.727. The minimum Gasteiger partial charge on any atom is -0.243 e. The van der Waals surface area contributed by atoms with Crippen LogP contribution in [0.5, 0.6) is 0 Å². The molecule has 96 valence electrons. The van der Waals surface area contributed by atoms with E-state index in [4.69, 9.17) is 0 Å². The first kappa shape index (κ1) is 13.6. The second-order valence-corrected chi connectivity index (χ2v) is 4.26. The Labute approximate surface area is 101 Å². The van der Waals surface area contributed by atoms with E-state index in [0.29, 0.717) is 19.4 Å². The summed E-state index contributed by atoms with van der Waals surface area (Å²) < 4.78 is -0.563. The summed E-state index contributed by atoms with van der Waals surface area (Å²) in [7, 11) is 0. The molecule has 2 N–H and O–H groups in total. The van der Waals surface area contributed by atoms with Gasteiger partial charge in [-0.3, -0.25) is 0 Å². The molecule has 0 aromatic rings. The molecule has 0 bridgehead atoms. The van der Waals surface area contributed by atoms with Gasteiger partial charge in [0.1, 0.15) is 6.54 Å². The lowest BCUT2D eigenvalue weighted by Crippen LogP contribution is -2.61. The number of rotatable bonds is 6. The zero-order chi connectivity index (χ0) is 12.9. The Morgan fingerprint density at radius 3 is 2.29 bits per heavy atom. The van der Waals surface area contributed by atoms with Crippen molar-refractivity contribution in [3.8, 4) is 0 Å². The molecule has 1 aliphatic heterocycles. The molecule has 1 aliphatic rings. The number of unbranched alkanes of at least 4 members (excludes halogenated alkanes) is 2. The Morgan fingerprint density at radius 1 is 1.18 bits per heavy atom. The van der Waals surface area contributed by atoms with Crippen molar-refractivity contribution >= 4 is 18.0 Å². The van der Waals surface area contributed by atoms with Crippen molar-refractivity contribution in [2.24, 2.45) is 0 Å². The number of carbonyl (C=O) groups excluding carboxylic acids is 3. The van der Waals surface area contributed by atoms with Crippen LogP contribution in [0.25, 0.3) is 0 Å². The summed E-state index contributed by atoms with van der Waals surface area (Å²) in [5, 5.41) is 2.14. The molecule has 1 atom stereocenters. The number of nitrogens with one attached hydrogen (secondary N) is 2. The lowest BCUT2D eigenvalue weighted by molar-refractivity contribution is -0.804. The van der Waals surface area contributed by atoms with Gasteiger partial charge in [0.15, 0.2) is 0 Å². The van der Waals surface area contributed by atoms with Crippen LogP contribution in [0.3, 0.4) is 0 Å². The average molecular weight is 242 g/mol. The SMILES string of the molecule is CCCCC(=O)[N+]1(CCCC)NC(=O)NC1=O. The van der Waals surface area contributed by atoms with Crippen LogP contribution >= 0.6 is 0 Å². The lowest BCUT2D eigenvalue weighted by Gasteiger charge is -2.24. The predicted octanol–water partition coefficient (Wildman–Crippen LogP) is 1.67. The molecular formula is C11H20N3O3+. The predicted molar refractivity (Wildman–Crippen MR) is 61.6 cm³/mol. The summed E-state index contributed by atoms with van der Waals surface area (Å²) in [5.74, 6) is -0.233. The highest BCUT2D eigenvalue weighted by Gasteiger charge is 2.52. The maximum Gasteiger partial charge on any atom is 0.457 e. The van der Waals surface area contributed by atoms with Crippen molar-refractivity contribution in [2.45, 2.75) is 46.0 Å². The van der Waals surface area contributed by atoms with Crippen LogP contribution in [-0.4, -0.2) is 29.1 Å². The van der Waals surface area contributed by atoms with E-state index >= 15 is 0 Å². The van der Waals surface area contributed by atoms with Crippen LogP contribution in [0.4, 0.5) is 9.59 Å². The van der Waals surface area contributed by atoms with Gasteiger partial charge in [-0.25, -0.2) is 19.7 Å². The van der Waals surface area contributed by atoms with Crippen molar-refractivity contribution < 1.29 is 19.0 Å². The van der Waals surface area contributed by atoms with E-state index in [0.717, 1.165) is 19.3 Å². The third-order valence-electron chi connectivity index (χ3n) is 2.88. The smallest absolute Gasteiger partial charge is 0.243 e. The number of nitrogens with zero attached hydrogens (tertiary/aromatic N) is 1. The van der Waals surface area contributed by atoms with Crippen molar-refractivity contribution in [1.82, 2.24) is 10.7 Å². The summed E-state index contributed by atoms with van der Waals surface area (Å²) in [6.45, 7) is 4.28. The number of imide groups is 2. The molecule has 1 rings (SSSR count). The van der Waals surface area contributed by atoms with Crippen LogP contribution < -0.4 is 10.7 Å². The number of hydrogen-bond acceptors (Lipinski definition) is 3. The van der Waals surface area contributed by atoms with Gasteiger partial charge < -0.3 is 0 Å². The Kier molecular flexibility index (Phi) is 4.62. The summed E-state index contributed by atoms with van der Waals surface area (Å²) in [6, 6.07) is -1.14. The molecule has 1 heterocycles. The van der Waals surface area contributed by atoms with Crippen LogP contribution in [0, 0.1) is 0 Å². The van der Waals surface area contributed by atoms with E-state index in [1.54, 1.807) is 0 Å². The fourth-order valence-electron chi connectivity index (χ4n) is 1.82. The topological polar surface area (TPSA) is 75.3 Å². The first-order valence-corrected chi connectivity index (χ1v) is 6.12. The zero-order valence-electron chi connectivity index (χ0n) is 10.4. The largest absolute Gasteiger partial charge is 0.457 e. The first-order valence-electron chi connectivity index (χ1n) is 6.12. The minimum absolute atomic E-state index is 0.233. The molecule has 1 saturated heterocycles. The van der Waals surface area contributed by atoms with E-state index in [1.165, 1.54) is 0 Å². The Bertz CT molecular complexity index is 330. The standard InChI is InChI=1S/C11H19N3O3/c1-3-5-7-9(15)14(8-6-4-2)11(17)12-10(16)13-14/h3-8H2,1-2H3,(H-,12,13,16,17)/p+1. The molecule has 0 aliphatic carbocycles. The number of amides is 5. The molecule has 0 saturated carbocycles. The van der Waals surface area contributed by atoms with E-state index in [2.05, 4.69) is 10.7 Å². The highest BCUT2D eigenvalue weighted by Crippen LogP contribution is 2.15. The molecule has 1 unspecified atom stereocenters. The van der Waals surface area contributed by atoms with E-state index in [9.17, 15) is 14.4 Å². The molecule has 0 aromatic carbocycles. The van der Waals surface area contributed by atoms with Crippen molar-refractivity contribution in [3.05, 3.63) is 0 Å². The van der Waals surface area contributed by atoms with Crippen molar-refractivity contribution in [1.29, 1.82) is 0 Å². The molecule has 0 radical (unpaired) electrons. The van der Waals surface area contributed by atoms with Gasteiger partial charge >= 0.3 is 18.0 Å². The van der Waals surface area contributed by atoms with Gasteiger partial charge in [0.2, 0.25) is 0 Å². The van der Waals surface area contributed by atoms with Crippen molar-refractivity contribution in [3.63, 3.8) is 0 Å². The van der Waals surface area contributed by atoms with Gasteiger partial charge in [0.05, 0.1) is 6.42 Å². The molecular weight excluding hydrogens is 222 g/mol. The fourth-order valence-corrected chi connectivity index (χ4v) is 1.82. The third-order valence-corrected chi connectivity index (χ3v) is 2.88. The Balaban J connectivity index is 2.82. The van der Waals surface area contributed by atoms with Gasteiger partial charge in [-0.15, -0.1) is 0 Å². The quantitative estimate of drug-likeness (QED) is 0.696. The normalized spacial score (nSPS) is 23.4. The van der Waals surface area contributed by atoms with Crippen LogP contribution in [0.1, 0.15) is 46.0 Å². The monoisotopic (exact) mass is 242 g/mol. The highest BCUT2D eigenvalue weighted by atomic mass is 16.2. The second kappa shape index (κ2) is 5.77. The Morgan fingerprint density at radius 2 is 1.82 bits per heavy atom. The molecule has 1 fully saturated rings. The first-order chi connectivity index (χ1) is 8.06. The molecule has 0 aromatic heterocycles. The van der Waals surface area contributed by atoms with Gasteiger partial charge in [0, 0.05) is 0 Å². The van der Waals surface area contributed by atoms with E-state index in [-0.39, 0.29) is 5.91 Å². The molecule has 0 spiro atoms. The maximum atomic E-state index is 12.1. The molecule has 17 heavy (non-hydrogen) atoms. The number of quaternary nitrogens is 1. The summed E-state index contributed by atoms with van der Waals surface area (Å²) in [5.41, 5.74) is 2.45. The van der Waals surface area contributed by atoms with E-state index < -0.39 is 16.7 Å². The number of hydrogen-bond donors (Lipinski definition) is 2. The number of urea groups is 2. The third kappa shape index (κ3) is 2.82. The van der Waals surface area contributed by atoms with Gasteiger partial charge in [0.25, 0.3) is 0 Å². The van der Waals surface area contributed by atoms with Crippen LogP contribution in [-0.2, 0) is 4.79 Å². The second-order valence-electron chi connectivity index (χ2n) is 4.26. The van der Waals surface area contributed by atoms with Gasteiger partial charge in [-0.05, 0) is 12.8 Å². The number of carbonyl (C=O) groups is 3. The molecule has 6 heteroatoms. The van der Waals surface area contributed by atoms with Crippen LogP contribution in [0.15, 0.2) is 0 Å². The average Bonchev–Trinajstić information content (AvgIpc) is 2.59. The maximum absolute atomic E-state index is 12.1. The van der Waals surface area contributed by atoms with Crippen molar-refractivity contribution in [2.75, 3.05) is 6.54 Å². The van der Waals surface area contributed by atoms with Gasteiger partial charge in [-0.1, -0.05) is 31.3 Å².